The largest absolute Gasteiger partial charge is 0.573 e. The van der Waals surface area contributed by atoms with E-state index in [1.165, 1.54) is 18.2 Å². The summed E-state index contributed by atoms with van der Waals surface area (Å²) < 4.78 is 82.0. The third-order valence-corrected chi connectivity index (χ3v) is 7.75. The van der Waals surface area contributed by atoms with Crippen LogP contribution in [-0.2, 0) is 14.8 Å². The summed E-state index contributed by atoms with van der Waals surface area (Å²) in [4.78, 5) is 17.3. The van der Waals surface area contributed by atoms with Crippen LogP contribution in [0.2, 0.25) is 0 Å². The van der Waals surface area contributed by atoms with Gasteiger partial charge in [0.15, 0.2) is 0 Å². The van der Waals surface area contributed by atoms with Gasteiger partial charge >= 0.3 is 6.36 Å². The number of nitrogens with one attached hydrogen (secondary N) is 1. The molecule has 1 amide bonds. The molecule has 1 aliphatic heterocycles. The first kappa shape index (κ1) is 30.1. The van der Waals surface area contributed by atoms with Gasteiger partial charge in [-0.05, 0) is 78.9 Å². The lowest BCUT2D eigenvalue weighted by molar-refractivity contribution is -0.274. The second-order valence-corrected chi connectivity index (χ2v) is 11.1. The van der Waals surface area contributed by atoms with Crippen LogP contribution >= 0.6 is 0 Å². The van der Waals surface area contributed by atoms with Crippen molar-refractivity contribution in [3.05, 3.63) is 71.7 Å². The number of carbonyl (C=O) groups is 1. The predicted molar refractivity (Wildman–Crippen MR) is 138 cm³/mol. The second-order valence-electron chi connectivity index (χ2n) is 9.16. The molecule has 0 spiro atoms. The highest BCUT2D eigenvalue weighted by Gasteiger charge is 2.42. The number of halogens is 4. The topological polar surface area (TPSA) is 114 Å². The van der Waals surface area contributed by atoms with Crippen LogP contribution < -0.4 is 15.8 Å². The van der Waals surface area contributed by atoms with Crippen LogP contribution in [0.1, 0.15) is 32.3 Å². The number of rotatable bonds is 10. The third-order valence-electron chi connectivity index (χ3n) is 5.87. The van der Waals surface area contributed by atoms with Crippen molar-refractivity contribution in [2.75, 3.05) is 19.6 Å². The maximum atomic E-state index is 13.3. The second kappa shape index (κ2) is 12.6. The number of alkyl halides is 3. The first-order valence-electron chi connectivity index (χ1n) is 12.2. The van der Waals surface area contributed by atoms with E-state index in [2.05, 4.69) is 15.0 Å². The molecule has 2 aromatic carbocycles. The minimum absolute atomic E-state index is 0.0825. The summed E-state index contributed by atoms with van der Waals surface area (Å²) in [5, 5.41) is 2.66. The highest BCUT2D eigenvalue weighted by molar-refractivity contribution is 7.89. The summed E-state index contributed by atoms with van der Waals surface area (Å²) in [5.74, 6) is -1.58. The van der Waals surface area contributed by atoms with Gasteiger partial charge in [-0.25, -0.2) is 12.8 Å². The van der Waals surface area contributed by atoms with Gasteiger partial charge in [0.25, 0.3) is 0 Å². The van der Waals surface area contributed by atoms with E-state index in [0.29, 0.717) is 30.7 Å². The fourth-order valence-electron chi connectivity index (χ4n) is 4.07. The van der Waals surface area contributed by atoms with E-state index in [4.69, 9.17) is 5.73 Å². The van der Waals surface area contributed by atoms with E-state index in [1.54, 1.807) is 0 Å². The number of amides is 1. The van der Waals surface area contributed by atoms with E-state index in [9.17, 15) is 30.8 Å². The normalized spacial score (nSPS) is 19.2. The van der Waals surface area contributed by atoms with Crippen molar-refractivity contribution in [3.8, 4) is 5.75 Å². The molecule has 1 heterocycles. The first-order valence-corrected chi connectivity index (χ1v) is 13.7. The highest BCUT2D eigenvalue weighted by Crippen LogP contribution is 2.30. The minimum Gasteiger partial charge on any atom is -0.406 e. The molecule has 2 atom stereocenters. The summed E-state index contributed by atoms with van der Waals surface area (Å²) in [5.41, 5.74) is 7.22. The molecule has 1 saturated heterocycles. The number of sulfonamides is 1. The van der Waals surface area contributed by atoms with Gasteiger partial charge in [-0.3, -0.25) is 9.79 Å². The Kier molecular flexibility index (Phi) is 9.73. The summed E-state index contributed by atoms with van der Waals surface area (Å²) in [6.07, 6.45) is -2.30. The zero-order valence-electron chi connectivity index (χ0n) is 21.4. The molecule has 0 aromatic heterocycles. The summed E-state index contributed by atoms with van der Waals surface area (Å²) in [6.45, 7) is 4.18. The van der Waals surface area contributed by atoms with Gasteiger partial charge in [0.1, 0.15) is 17.6 Å². The van der Waals surface area contributed by atoms with Crippen molar-refractivity contribution >= 4 is 21.6 Å². The smallest absolute Gasteiger partial charge is 0.406 e. The molecule has 3 N–H and O–H groups in total. The quantitative estimate of drug-likeness (QED) is 0.331. The number of carbonyl (C=O) groups excluding carboxylic acids is 1. The average molecular weight is 571 g/mol. The molecule has 1 aliphatic rings. The van der Waals surface area contributed by atoms with Crippen molar-refractivity contribution in [2.24, 2.45) is 16.6 Å². The molecule has 0 bridgehead atoms. The highest BCUT2D eigenvalue weighted by atomic mass is 32.2. The van der Waals surface area contributed by atoms with Gasteiger partial charge < -0.3 is 15.8 Å². The first-order chi connectivity index (χ1) is 18.3. The Balaban J connectivity index is 1.72. The number of nitrogens with two attached hydrogens (primary N) is 1. The Morgan fingerprint density at radius 1 is 1.18 bits per heavy atom. The van der Waals surface area contributed by atoms with Gasteiger partial charge in [0.2, 0.25) is 15.9 Å². The Labute approximate surface area is 224 Å². The molecule has 39 heavy (non-hydrogen) atoms. The van der Waals surface area contributed by atoms with Gasteiger partial charge in [-0.1, -0.05) is 13.8 Å². The number of nitrogens with zero attached hydrogens (tertiary/aromatic N) is 2. The van der Waals surface area contributed by atoms with Gasteiger partial charge in [0.05, 0.1) is 17.2 Å². The fourth-order valence-corrected chi connectivity index (χ4v) is 5.78. The molecule has 2 aromatic rings. The van der Waals surface area contributed by atoms with E-state index in [-0.39, 0.29) is 35.3 Å². The Morgan fingerprint density at radius 2 is 1.82 bits per heavy atom. The van der Waals surface area contributed by atoms with Crippen LogP contribution in [0, 0.1) is 11.7 Å². The molecule has 13 heteroatoms. The van der Waals surface area contributed by atoms with Crippen LogP contribution in [0.4, 0.5) is 17.6 Å². The minimum atomic E-state index is -4.81. The van der Waals surface area contributed by atoms with Crippen LogP contribution in [-0.4, -0.2) is 56.4 Å². The molecule has 1 unspecified atom stereocenters. The lowest BCUT2D eigenvalue weighted by atomic mass is 10.1. The number of benzene rings is 2. The zero-order chi connectivity index (χ0) is 28.8. The van der Waals surface area contributed by atoms with Crippen molar-refractivity contribution in [2.45, 2.75) is 44.0 Å². The number of aliphatic imine (C=N–C) groups is 1. The molecule has 0 aliphatic carbocycles. The number of ether oxygens (including phenoxy) is 1. The van der Waals surface area contributed by atoms with Gasteiger partial charge in [0, 0.05) is 18.8 Å². The maximum Gasteiger partial charge on any atom is 0.573 e. The van der Waals surface area contributed by atoms with Crippen molar-refractivity contribution in [1.29, 1.82) is 0 Å². The lowest BCUT2D eigenvalue weighted by Gasteiger charge is -2.23. The average Bonchev–Trinajstić information content (AvgIpc) is 3.27. The summed E-state index contributed by atoms with van der Waals surface area (Å²) in [7, 11) is -4.04. The van der Waals surface area contributed by atoms with E-state index >= 15 is 0 Å². The predicted octanol–water partition coefficient (Wildman–Crippen LogP) is 3.98. The molecule has 8 nitrogen and oxygen atoms in total. The summed E-state index contributed by atoms with van der Waals surface area (Å²) in [6, 6.07) is 8.57. The monoisotopic (exact) mass is 570 g/mol. The van der Waals surface area contributed by atoms with E-state index in [1.807, 2.05) is 13.8 Å². The van der Waals surface area contributed by atoms with Crippen molar-refractivity contribution in [1.82, 2.24) is 9.62 Å². The third kappa shape index (κ3) is 8.27. The summed E-state index contributed by atoms with van der Waals surface area (Å²) >= 11 is 0. The molecular formula is C26H30F4N4O4S. The number of hydrogen-bond acceptors (Lipinski definition) is 6. The van der Waals surface area contributed by atoms with Gasteiger partial charge in [-0.15, -0.1) is 13.2 Å². The van der Waals surface area contributed by atoms with Crippen LogP contribution in [0.15, 0.2) is 70.2 Å². The lowest BCUT2D eigenvalue weighted by Crippen LogP contribution is -2.46. The number of hydrogen-bond donors (Lipinski definition) is 2. The van der Waals surface area contributed by atoms with Crippen molar-refractivity contribution < 1.29 is 35.5 Å². The van der Waals surface area contributed by atoms with Crippen LogP contribution in [0.25, 0.3) is 0 Å². The van der Waals surface area contributed by atoms with Gasteiger partial charge in [-0.2, -0.15) is 4.31 Å². The van der Waals surface area contributed by atoms with Crippen LogP contribution in [0.5, 0.6) is 5.75 Å². The zero-order valence-corrected chi connectivity index (χ0v) is 22.2. The molecule has 3 rings (SSSR count). The Morgan fingerprint density at radius 3 is 2.41 bits per heavy atom. The van der Waals surface area contributed by atoms with E-state index < -0.39 is 34.2 Å². The fraction of sp³-hybridized carbons (Fsp3) is 0.385. The Hall–Kier alpha value is -3.45. The van der Waals surface area contributed by atoms with Crippen LogP contribution in [0.3, 0.4) is 0 Å². The Bertz CT molecular complexity index is 1310. The SMILES string of the molecule is CCCN=C(/C=C(\N)CNC(=O)[C@@H]1CC(C)CN1S(=O)(=O)c1ccc(F)cc1)c1ccc(OC(F)(F)F)cc1. The molecular weight excluding hydrogens is 540 g/mol. The van der Waals surface area contributed by atoms with E-state index in [0.717, 1.165) is 40.7 Å². The molecule has 1 fully saturated rings. The maximum absolute atomic E-state index is 13.3. The molecule has 212 valence electrons. The standard InChI is InChI=1S/C26H30F4N4O4S/c1-3-12-32-23(18-4-8-21(9-5-18)38-26(28,29)30)14-20(31)15-33-25(35)24-13-17(2)16-34(24)39(36,37)22-10-6-19(27)7-11-22/h4-11,14,17,24H,3,12-13,15-16,31H2,1-2H3,(H,33,35)/b20-14-,32-23?/t17?,24-/m0/s1. The molecule has 0 radical (unpaired) electrons. The van der Waals surface area contributed by atoms with Crippen molar-refractivity contribution in [3.63, 3.8) is 0 Å². The number of allylic oxidation sites excluding steroid dienone is 1. The molecule has 0 saturated carbocycles.